The Balaban J connectivity index is 1.62. The monoisotopic (exact) mass is 419 g/mol. The summed E-state index contributed by atoms with van der Waals surface area (Å²) in [6, 6.07) is 13.4. The molecule has 4 rings (SSSR count). The maximum absolute atomic E-state index is 13.2. The molecule has 0 aromatic heterocycles. The van der Waals surface area contributed by atoms with Gasteiger partial charge in [-0.05, 0) is 44.5 Å². The normalized spacial score (nSPS) is 19.5. The van der Waals surface area contributed by atoms with Crippen LogP contribution in [-0.4, -0.2) is 41.5 Å². The number of esters is 1. The minimum Gasteiger partial charge on any atom is -0.490 e. The summed E-state index contributed by atoms with van der Waals surface area (Å²) in [5.74, 6) is -0.648. The molecule has 2 aliphatic rings. The summed E-state index contributed by atoms with van der Waals surface area (Å²) < 4.78 is 11.0. The standard InChI is InChI=1S/C23H21N3O5/c1-3-30-19-12-15(13-24)8-9-18(19)31-21(28)14-25-22(29)16-6-4-5-7-17(16)26-20(27)10-11-23(25,26)2/h4-9,12H,3,10-11,14H2,1-2H3. The van der Waals surface area contributed by atoms with E-state index in [4.69, 9.17) is 14.7 Å². The summed E-state index contributed by atoms with van der Waals surface area (Å²) in [6.45, 7) is 3.56. The number of fused-ring (bicyclic) bond motifs is 3. The molecule has 2 aromatic carbocycles. The van der Waals surface area contributed by atoms with Crippen LogP contribution in [0.1, 0.15) is 42.6 Å². The predicted molar refractivity (Wildman–Crippen MR) is 111 cm³/mol. The SMILES string of the molecule is CCOc1cc(C#N)ccc1OC(=O)CN1C(=O)c2ccccc2N2C(=O)CCC12C. The summed E-state index contributed by atoms with van der Waals surface area (Å²) in [5.41, 5.74) is 0.359. The second-order valence-electron chi connectivity index (χ2n) is 7.53. The first-order valence-corrected chi connectivity index (χ1v) is 10.0. The summed E-state index contributed by atoms with van der Waals surface area (Å²) in [5, 5.41) is 9.08. The van der Waals surface area contributed by atoms with Crippen molar-refractivity contribution < 1.29 is 23.9 Å². The van der Waals surface area contributed by atoms with Crippen LogP contribution in [0.5, 0.6) is 11.5 Å². The van der Waals surface area contributed by atoms with Crippen LogP contribution in [0.25, 0.3) is 0 Å². The average Bonchev–Trinajstić information content (AvgIpc) is 3.08. The second-order valence-corrected chi connectivity index (χ2v) is 7.53. The van der Waals surface area contributed by atoms with Crippen LogP contribution >= 0.6 is 0 Å². The lowest BCUT2D eigenvalue weighted by Gasteiger charge is -2.48. The highest BCUT2D eigenvalue weighted by Gasteiger charge is 2.53. The zero-order valence-electron chi connectivity index (χ0n) is 17.3. The number of carbonyl (C=O) groups is 3. The fourth-order valence-electron chi connectivity index (χ4n) is 4.16. The lowest BCUT2D eigenvalue weighted by molar-refractivity contribution is -0.136. The van der Waals surface area contributed by atoms with Crippen molar-refractivity contribution in [1.82, 2.24) is 4.90 Å². The minimum absolute atomic E-state index is 0.0912. The molecular weight excluding hydrogens is 398 g/mol. The Labute approximate surface area is 179 Å². The molecule has 0 saturated carbocycles. The smallest absolute Gasteiger partial charge is 0.331 e. The molecule has 2 aliphatic heterocycles. The van der Waals surface area contributed by atoms with Gasteiger partial charge in [0, 0.05) is 12.5 Å². The lowest BCUT2D eigenvalue weighted by Crippen LogP contribution is -2.63. The van der Waals surface area contributed by atoms with Gasteiger partial charge in [-0.25, -0.2) is 4.79 Å². The minimum atomic E-state index is -0.949. The molecular formula is C23H21N3O5. The van der Waals surface area contributed by atoms with Gasteiger partial charge in [-0.15, -0.1) is 0 Å². The van der Waals surface area contributed by atoms with Crippen LogP contribution < -0.4 is 14.4 Å². The van der Waals surface area contributed by atoms with Gasteiger partial charge < -0.3 is 14.4 Å². The lowest BCUT2D eigenvalue weighted by atomic mass is 9.98. The molecule has 1 fully saturated rings. The molecule has 1 atom stereocenters. The molecule has 0 radical (unpaired) electrons. The van der Waals surface area contributed by atoms with Crippen molar-refractivity contribution in [3.8, 4) is 17.6 Å². The average molecular weight is 419 g/mol. The van der Waals surface area contributed by atoms with Gasteiger partial charge in [0.2, 0.25) is 5.91 Å². The molecule has 0 bridgehead atoms. The van der Waals surface area contributed by atoms with Crippen LogP contribution in [0.15, 0.2) is 42.5 Å². The van der Waals surface area contributed by atoms with Crippen LogP contribution in [0.4, 0.5) is 5.69 Å². The summed E-state index contributed by atoms with van der Waals surface area (Å²) in [6.07, 6.45) is 0.702. The topological polar surface area (TPSA) is 99.9 Å². The van der Waals surface area contributed by atoms with Crippen molar-refractivity contribution in [2.45, 2.75) is 32.4 Å². The first-order chi connectivity index (χ1) is 14.9. The number of amides is 2. The number of nitriles is 1. The van der Waals surface area contributed by atoms with E-state index in [1.165, 1.54) is 23.1 Å². The summed E-state index contributed by atoms with van der Waals surface area (Å²) in [7, 11) is 0. The van der Waals surface area contributed by atoms with E-state index >= 15 is 0 Å². The fraction of sp³-hybridized carbons (Fsp3) is 0.304. The number of rotatable bonds is 5. The van der Waals surface area contributed by atoms with Crippen molar-refractivity contribution in [3.05, 3.63) is 53.6 Å². The van der Waals surface area contributed by atoms with E-state index < -0.39 is 11.6 Å². The van der Waals surface area contributed by atoms with Crippen molar-refractivity contribution in [2.24, 2.45) is 0 Å². The van der Waals surface area contributed by atoms with Crippen molar-refractivity contribution in [2.75, 3.05) is 18.1 Å². The molecule has 1 saturated heterocycles. The first kappa shape index (κ1) is 20.4. The van der Waals surface area contributed by atoms with Crippen LogP contribution in [0.3, 0.4) is 0 Å². The predicted octanol–water partition coefficient (Wildman–Crippen LogP) is 2.86. The number of nitrogens with zero attached hydrogens (tertiary/aromatic N) is 3. The third kappa shape index (κ3) is 3.38. The molecule has 2 amide bonds. The molecule has 0 N–H and O–H groups in total. The van der Waals surface area contributed by atoms with Crippen LogP contribution in [0, 0.1) is 11.3 Å². The number of benzene rings is 2. The van der Waals surface area contributed by atoms with Gasteiger partial charge in [-0.1, -0.05) is 12.1 Å². The molecule has 158 valence electrons. The van der Waals surface area contributed by atoms with Gasteiger partial charge in [0.1, 0.15) is 12.2 Å². The van der Waals surface area contributed by atoms with Crippen molar-refractivity contribution >= 4 is 23.5 Å². The van der Waals surface area contributed by atoms with E-state index in [1.807, 2.05) is 6.07 Å². The highest BCUT2D eigenvalue weighted by molar-refractivity contribution is 6.10. The number of hydrogen-bond donors (Lipinski definition) is 0. The Hall–Kier alpha value is -3.86. The van der Waals surface area contributed by atoms with Crippen LogP contribution in [-0.2, 0) is 9.59 Å². The number of carbonyl (C=O) groups excluding carboxylic acids is 3. The molecule has 0 spiro atoms. The van der Waals surface area contributed by atoms with Crippen LogP contribution in [0.2, 0.25) is 0 Å². The molecule has 2 heterocycles. The maximum atomic E-state index is 13.2. The Kier molecular flexibility index (Phi) is 5.11. The zero-order chi connectivity index (χ0) is 22.2. The Bertz CT molecular complexity index is 1120. The number of hydrogen-bond acceptors (Lipinski definition) is 6. The van der Waals surface area contributed by atoms with Gasteiger partial charge in [-0.3, -0.25) is 14.5 Å². The number of para-hydroxylation sites is 1. The molecule has 2 aromatic rings. The maximum Gasteiger partial charge on any atom is 0.331 e. The van der Waals surface area contributed by atoms with Gasteiger partial charge in [0.15, 0.2) is 11.5 Å². The molecule has 8 nitrogen and oxygen atoms in total. The summed E-state index contributed by atoms with van der Waals surface area (Å²) >= 11 is 0. The van der Waals surface area contributed by atoms with E-state index in [0.29, 0.717) is 29.8 Å². The van der Waals surface area contributed by atoms with Gasteiger partial charge in [0.05, 0.1) is 29.5 Å². The zero-order valence-corrected chi connectivity index (χ0v) is 17.3. The van der Waals surface area contributed by atoms with E-state index in [1.54, 1.807) is 43.0 Å². The molecule has 31 heavy (non-hydrogen) atoms. The van der Waals surface area contributed by atoms with E-state index in [-0.39, 0.29) is 36.3 Å². The third-order valence-electron chi connectivity index (χ3n) is 5.63. The number of anilines is 1. The van der Waals surface area contributed by atoms with Gasteiger partial charge in [-0.2, -0.15) is 5.26 Å². The largest absolute Gasteiger partial charge is 0.490 e. The van der Waals surface area contributed by atoms with Crippen molar-refractivity contribution in [3.63, 3.8) is 0 Å². The van der Waals surface area contributed by atoms with Gasteiger partial charge >= 0.3 is 5.97 Å². The molecule has 1 unspecified atom stereocenters. The Morgan fingerprint density at radius 3 is 2.71 bits per heavy atom. The Morgan fingerprint density at radius 2 is 1.97 bits per heavy atom. The van der Waals surface area contributed by atoms with E-state index in [9.17, 15) is 14.4 Å². The quantitative estimate of drug-likeness (QED) is 0.546. The van der Waals surface area contributed by atoms with Crippen molar-refractivity contribution in [1.29, 1.82) is 5.26 Å². The highest BCUT2D eigenvalue weighted by atomic mass is 16.6. The second kappa shape index (κ2) is 7.76. The van der Waals surface area contributed by atoms with Gasteiger partial charge in [0.25, 0.3) is 5.91 Å². The number of ether oxygens (including phenoxy) is 2. The Morgan fingerprint density at radius 1 is 1.19 bits per heavy atom. The third-order valence-corrected chi connectivity index (χ3v) is 5.63. The first-order valence-electron chi connectivity index (χ1n) is 10.0. The molecule has 8 heteroatoms. The molecule has 0 aliphatic carbocycles. The summed E-state index contributed by atoms with van der Waals surface area (Å²) in [4.78, 5) is 41.7. The van der Waals surface area contributed by atoms with E-state index in [2.05, 4.69) is 0 Å². The van der Waals surface area contributed by atoms with E-state index in [0.717, 1.165) is 0 Å². The fourth-order valence-corrected chi connectivity index (χ4v) is 4.16. The highest BCUT2D eigenvalue weighted by Crippen LogP contribution is 2.44.